The lowest BCUT2D eigenvalue weighted by Crippen LogP contribution is -2.42. The highest BCUT2D eigenvalue weighted by Gasteiger charge is 2.23. The second-order valence-corrected chi connectivity index (χ2v) is 5.64. The molecule has 3 rings (SSSR count). The molecule has 1 aromatic heterocycles. The van der Waals surface area contributed by atoms with E-state index in [0.29, 0.717) is 32.2 Å². The number of aromatic nitrogens is 1. The highest BCUT2D eigenvalue weighted by atomic mass is 16.6. The lowest BCUT2D eigenvalue weighted by atomic mass is 10.2. The molecule has 0 aromatic carbocycles. The van der Waals surface area contributed by atoms with Gasteiger partial charge in [-0.2, -0.15) is 0 Å². The largest absolute Gasteiger partial charge is 0.474 e. The summed E-state index contributed by atoms with van der Waals surface area (Å²) in [6.07, 6.45) is 6.02. The number of nitrogens with one attached hydrogen (secondary N) is 1. The quantitative estimate of drug-likeness (QED) is 0.891. The fourth-order valence-corrected chi connectivity index (χ4v) is 2.76. The number of amides is 1. The van der Waals surface area contributed by atoms with Crippen LogP contribution in [0.1, 0.15) is 31.2 Å². The van der Waals surface area contributed by atoms with Crippen molar-refractivity contribution in [1.29, 1.82) is 0 Å². The van der Waals surface area contributed by atoms with E-state index in [9.17, 15) is 4.79 Å². The van der Waals surface area contributed by atoms with Gasteiger partial charge in [0, 0.05) is 18.3 Å². The van der Waals surface area contributed by atoms with E-state index in [-0.39, 0.29) is 12.0 Å². The Morgan fingerprint density at radius 2 is 2.23 bits per heavy atom. The van der Waals surface area contributed by atoms with Gasteiger partial charge in [-0.3, -0.25) is 4.79 Å². The standard InChI is InChI=1S/C16H22N2O4/c19-15(14-11-20-8-9-21-14)18-10-12-4-3-7-17-16(12)22-13-5-1-2-6-13/h3-4,7,13-14H,1-2,5-6,8-11H2,(H,18,19)/t14-/m1/s1. The minimum absolute atomic E-state index is 0.157. The lowest BCUT2D eigenvalue weighted by molar-refractivity contribution is -0.147. The maximum Gasteiger partial charge on any atom is 0.251 e. The predicted molar refractivity (Wildman–Crippen MR) is 79.5 cm³/mol. The Morgan fingerprint density at radius 3 is 3.00 bits per heavy atom. The van der Waals surface area contributed by atoms with Gasteiger partial charge in [-0.25, -0.2) is 4.98 Å². The second-order valence-electron chi connectivity index (χ2n) is 5.64. The molecule has 2 fully saturated rings. The molecule has 6 heteroatoms. The summed E-state index contributed by atoms with van der Waals surface area (Å²) in [5.74, 6) is 0.464. The van der Waals surface area contributed by atoms with Crippen molar-refractivity contribution in [2.75, 3.05) is 19.8 Å². The van der Waals surface area contributed by atoms with E-state index in [2.05, 4.69) is 10.3 Å². The van der Waals surface area contributed by atoms with E-state index >= 15 is 0 Å². The molecule has 1 N–H and O–H groups in total. The Kier molecular flexibility index (Phi) is 5.24. The number of ether oxygens (including phenoxy) is 3. The normalized spacial score (nSPS) is 22.5. The molecule has 6 nitrogen and oxygen atoms in total. The van der Waals surface area contributed by atoms with Crippen molar-refractivity contribution in [3.63, 3.8) is 0 Å². The van der Waals surface area contributed by atoms with Crippen molar-refractivity contribution >= 4 is 5.91 Å². The average Bonchev–Trinajstić information content (AvgIpc) is 3.07. The van der Waals surface area contributed by atoms with Gasteiger partial charge < -0.3 is 19.5 Å². The van der Waals surface area contributed by atoms with Crippen LogP contribution in [0.25, 0.3) is 0 Å². The van der Waals surface area contributed by atoms with Crippen molar-refractivity contribution in [1.82, 2.24) is 10.3 Å². The Balaban J connectivity index is 1.56. The first-order chi connectivity index (χ1) is 10.8. The third-order valence-electron chi connectivity index (χ3n) is 3.99. The summed E-state index contributed by atoms with van der Waals surface area (Å²) in [7, 11) is 0. The molecular weight excluding hydrogens is 284 g/mol. The predicted octanol–water partition coefficient (Wildman–Crippen LogP) is 1.43. The van der Waals surface area contributed by atoms with E-state index in [0.717, 1.165) is 18.4 Å². The van der Waals surface area contributed by atoms with Crippen LogP contribution in [0.2, 0.25) is 0 Å². The van der Waals surface area contributed by atoms with Crippen LogP contribution in [-0.2, 0) is 20.8 Å². The van der Waals surface area contributed by atoms with Crippen LogP contribution in [0.4, 0.5) is 0 Å². The monoisotopic (exact) mass is 306 g/mol. The number of rotatable bonds is 5. The van der Waals surface area contributed by atoms with E-state index < -0.39 is 6.10 Å². The molecule has 0 unspecified atom stereocenters. The van der Waals surface area contributed by atoms with E-state index in [1.165, 1.54) is 12.8 Å². The highest BCUT2D eigenvalue weighted by Crippen LogP contribution is 2.24. The van der Waals surface area contributed by atoms with Gasteiger partial charge in [0.2, 0.25) is 5.88 Å². The van der Waals surface area contributed by atoms with Gasteiger partial charge >= 0.3 is 0 Å². The molecule has 120 valence electrons. The van der Waals surface area contributed by atoms with Crippen LogP contribution in [0, 0.1) is 0 Å². The maximum atomic E-state index is 12.0. The summed E-state index contributed by atoms with van der Waals surface area (Å²) in [5, 5.41) is 2.87. The summed E-state index contributed by atoms with van der Waals surface area (Å²) in [5.41, 5.74) is 0.888. The summed E-state index contributed by atoms with van der Waals surface area (Å²) in [6, 6.07) is 3.78. The second kappa shape index (κ2) is 7.56. The van der Waals surface area contributed by atoms with Gasteiger partial charge in [-0.15, -0.1) is 0 Å². The summed E-state index contributed by atoms with van der Waals surface area (Å²) in [6.45, 7) is 1.70. The minimum Gasteiger partial charge on any atom is -0.474 e. The van der Waals surface area contributed by atoms with Crippen LogP contribution in [0.5, 0.6) is 5.88 Å². The van der Waals surface area contributed by atoms with Crippen LogP contribution in [-0.4, -0.2) is 42.9 Å². The lowest BCUT2D eigenvalue weighted by Gasteiger charge is -2.22. The minimum atomic E-state index is -0.523. The Labute approximate surface area is 130 Å². The first-order valence-electron chi connectivity index (χ1n) is 7.90. The molecule has 1 atom stereocenters. The van der Waals surface area contributed by atoms with Crippen molar-refractivity contribution in [2.24, 2.45) is 0 Å². The number of nitrogens with zero attached hydrogens (tertiary/aromatic N) is 1. The summed E-state index contributed by atoms with van der Waals surface area (Å²) < 4.78 is 16.6. The van der Waals surface area contributed by atoms with Gasteiger partial charge in [-0.05, 0) is 31.7 Å². The third kappa shape index (κ3) is 3.96. The molecule has 22 heavy (non-hydrogen) atoms. The highest BCUT2D eigenvalue weighted by molar-refractivity contribution is 5.81. The Bertz CT molecular complexity index is 497. The van der Waals surface area contributed by atoms with Crippen LogP contribution >= 0.6 is 0 Å². The molecule has 1 saturated carbocycles. The van der Waals surface area contributed by atoms with Crippen molar-refractivity contribution in [3.05, 3.63) is 23.9 Å². The van der Waals surface area contributed by atoms with Gasteiger partial charge in [-0.1, -0.05) is 6.07 Å². The summed E-state index contributed by atoms with van der Waals surface area (Å²) in [4.78, 5) is 16.4. The summed E-state index contributed by atoms with van der Waals surface area (Å²) >= 11 is 0. The van der Waals surface area contributed by atoms with Gasteiger partial charge in [0.1, 0.15) is 6.10 Å². The molecule has 2 aliphatic rings. The number of carbonyl (C=O) groups is 1. The zero-order chi connectivity index (χ0) is 15.2. The number of pyridine rings is 1. The first kappa shape index (κ1) is 15.2. The van der Waals surface area contributed by atoms with Crippen LogP contribution in [0.3, 0.4) is 0 Å². The van der Waals surface area contributed by atoms with Crippen molar-refractivity contribution in [2.45, 2.75) is 44.4 Å². The maximum absolute atomic E-state index is 12.0. The van der Waals surface area contributed by atoms with Gasteiger partial charge in [0.05, 0.1) is 19.8 Å². The molecule has 1 saturated heterocycles. The fourth-order valence-electron chi connectivity index (χ4n) is 2.76. The fraction of sp³-hybridized carbons (Fsp3) is 0.625. The molecule has 0 radical (unpaired) electrons. The van der Waals surface area contributed by atoms with Crippen molar-refractivity contribution < 1.29 is 19.0 Å². The average molecular weight is 306 g/mol. The van der Waals surface area contributed by atoms with Gasteiger partial charge in [0.25, 0.3) is 5.91 Å². The SMILES string of the molecule is O=C(NCc1cccnc1OC1CCCC1)[C@H]1COCCO1. The molecule has 1 amide bonds. The van der Waals surface area contributed by atoms with E-state index in [1.54, 1.807) is 6.20 Å². The smallest absolute Gasteiger partial charge is 0.251 e. The number of hydrogen-bond acceptors (Lipinski definition) is 5. The van der Waals surface area contributed by atoms with Crippen molar-refractivity contribution in [3.8, 4) is 5.88 Å². The third-order valence-corrected chi connectivity index (χ3v) is 3.99. The molecule has 1 aromatic rings. The topological polar surface area (TPSA) is 69.7 Å². The molecule has 0 bridgehead atoms. The van der Waals surface area contributed by atoms with Gasteiger partial charge in [0.15, 0.2) is 6.10 Å². The Morgan fingerprint density at radius 1 is 1.36 bits per heavy atom. The van der Waals surface area contributed by atoms with Crippen LogP contribution in [0.15, 0.2) is 18.3 Å². The Hall–Kier alpha value is -1.66. The molecule has 2 heterocycles. The zero-order valence-electron chi connectivity index (χ0n) is 12.6. The van der Waals surface area contributed by atoms with E-state index in [4.69, 9.17) is 14.2 Å². The molecular formula is C16H22N2O4. The van der Waals surface area contributed by atoms with E-state index in [1.807, 2.05) is 12.1 Å². The number of hydrogen-bond donors (Lipinski definition) is 1. The molecule has 1 aliphatic carbocycles. The molecule has 1 aliphatic heterocycles. The van der Waals surface area contributed by atoms with Crippen LogP contribution < -0.4 is 10.1 Å². The number of carbonyl (C=O) groups excluding carboxylic acids is 1. The zero-order valence-corrected chi connectivity index (χ0v) is 12.6. The first-order valence-corrected chi connectivity index (χ1v) is 7.90. The molecule has 0 spiro atoms.